The van der Waals surface area contributed by atoms with Gasteiger partial charge in [0.15, 0.2) is 0 Å². The minimum Gasteiger partial charge on any atom is -0.378 e. The molecule has 0 saturated carbocycles. The molecule has 1 atom stereocenters. The SMILES string of the molecule is O=C(CC1COCCN1)N1CCN(S(=O)(=O)c2ccc3c(c2)CCC3)CC1. The number of carbonyl (C=O) groups is 1. The summed E-state index contributed by atoms with van der Waals surface area (Å²) in [6, 6.07) is 5.57. The number of benzene rings is 1. The lowest BCUT2D eigenvalue weighted by Gasteiger charge is -2.35. The molecule has 27 heavy (non-hydrogen) atoms. The number of fused-ring (bicyclic) bond motifs is 1. The molecule has 2 fully saturated rings. The normalized spacial score (nSPS) is 24.0. The van der Waals surface area contributed by atoms with Crippen LogP contribution in [0, 0.1) is 0 Å². The number of aryl methyl sites for hydroxylation is 2. The van der Waals surface area contributed by atoms with E-state index in [0.717, 1.165) is 31.4 Å². The van der Waals surface area contributed by atoms with Crippen LogP contribution in [-0.4, -0.2) is 75.5 Å². The highest BCUT2D eigenvalue weighted by Crippen LogP contribution is 2.26. The fourth-order valence-corrected chi connectivity index (χ4v) is 5.60. The lowest BCUT2D eigenvalue weighted by atomic mass is 10.1. The van der Waals surface area contributed by atoms with Gasteiger partial charge in [0.2, 0.25) is 15.9 Å². The fourth-order valence-electron chi connectivity index (χ4n) is 4.13. The van der Waals surface area contributed by atoms with Crippen LogP contribution in [-0.2, 0) is 32.4 Å². The van der Waals surface area contributed by atoms with E-state index in [1.54, 1.807) is 11.0 Å². The Morgan fingerprint density at radius 1 is 1.15 bits per heavy atom. The zero-order valence-corrected chi connectivity index (χ0v) is 16.3. The summed E-state index contributed by atoms with van der Waals surface area (Å²) in [5.74, 6) is 0.0626. The number of morpholine rings is 1. The third-order valence-corrected chi connectivity index (χ3v) is 7.61. The number of rotatable bonds is 4. The number of sulfonamides is 1. The summed E-state index contributed by atoms with van der Waals surface area (Å²) in [5, 5.41) is 3.29. The molecule has 8 heteroatoms. The Morgan fingerprint density at radius 2 is 1.93 bits per heavy atom. The minimum atomic E-state index is -3.50. The standard InChI is InChI=1S/C19H27N3O4S/c23-19(13-17-14-26-11-6-20-17)21-7-9-22(10-8-21)27(24,25)18-5-4-15-2-1-3-16(15)12-18/h4-5,12,17,20H,1-3,6-11,13-14H2. The molecule has 3 aliphatic rings. The third kappa shape index (κ3) is 4.03. The van der Waals surface area contributed by atoms with Crippen LogP contribution in [0.4, 0.5) is 0 Å². The van der Waals surface area contributed by atoms with Crippen molar-refractivity contribution >= 4 is 15.9 Å². The van der Waals surface area contributed by atoms with Crippen molar-refractivity contribution in [2.24, 2.45) is 0 Å². The van der Waals surface area contributed by atoms with Gasteiger partial charge in [0, 0.05) is 45.2 Å². The average Bonchev–Trinajstić information content (AvgIpc) is 3.17. The highest BCUT2D eigenvalue weighted by atomic mass is 32.2. The van der Waals surface area contributed by atoms with Crippen LogP contribution < -0.4 is 5.32 Å². The first-order valence-electron chi connectivity index (χ1n) is 9.75. The summed E-state index contributed by atoms with van der Waals surface area (Å²) in [6.07, 6.45) is 3.50. The molecule has 2 saturated heterocycles. The Hall–Kier alpha value is -1.48. The lowest BCUT2D eigenvalue weighted by Crippen LogP contribution is -2.52. The van der Waals surface area contributed by atoms with Crippen molar-refractivity contribution < 1.29 is 17.9 Å². The van der Waals surface area contributed by atoms with E-state index in [-0.39, 0.29) is 11.9 Å². The molecule has 0 radical (unpaired) electrons. The number of piperazine rings is 1. The maximum absolute atomic E-state index is 13.0. The van der Waals surface area contributed by atoms with Crippen LogP contribution in [0.15, 0.2) is 23.1 Å². The number of nitrogens with zero attached hydrogens (tertiary/aromatic N) is 2. The van der Waals surface area contributed by atoms with Gasteiger partial charge in [-0.05, 0) is 42.5 Å². The maximum Gasteiger partial charge on any atom is 0.243 e. The molecule has 4 rings (SSSR count). The summed E-state index contributed by atoms with van der Waals surface area (Å²) in [7, 11) is -3.50. The zero-order valence-electron chi connectivity index (χ0n) is 15.5. The van der Waals surface area contributed by atoms with Crippen molar-refractivity contribution in [1.29, 1.82) is 0 Å². The van der Waals surface area contributed by atoms with E-state index in [1.807, 2.05) is 12.1 Å². The molecule has 7 nitrogen and oxygen atoms in total. The van der Waals surface area contributed by atoms with Gasteiger partial charge in [-0.15, -0.1) is 0 Å². The summed E-state index contributed by atoms with van der Waals surface area (Å²) < 4.78 is 32.9. The first-order valence-corrected chi connectivity index (χ1v) is 11.2. The van der Waals surface area contributed by atoms with Crippen molar-refractivity contribution in [3.8, 4) is 0 Å². The molecule has 1 N–H and O–H groups in total. The molecular formula is C19H27N3O4S. The van der Waals surface area contributed by atoms with Gasteiger partial charge in [0.1, 0.15) is 0 Å². The van der Waals surface area contributed by atoms with Gasteiger partial charge < -0.3 is 15.0 Å². The van der Waals surface area contributed by atoms with Crippen LogP contribution in [0.3, 0.4) is 0 Å². The first-order chi connectivity index (χ1) is 13.0. The Morgan fingerprint density at radius 3 is 2.67 bits per heavy atom. The second kappa shape index (κ2) is 7.87. The quantitative estimate of drug-likeness (QED) is 0.801. The van der Waals surface area contributed by atoms with E-state index in [4.69, 9.17) is 4.74 Å². The second-order valence-corrected chi connectivity index (χ2v) is 9.44. The molecule has 2 heterocycles. The molecule has 148 valence electrons. The molecule has 1 amide bonds. The molecule has 0 spiro atoms. The van der Waals surface area contributed by atoms with Gasteiger partial charge in [-0.25, -0.2) is 8.42 Å². The van der Waals surface area contributed by atoms with Crippen molar-refractivity contribution in [3.63, 3.8) is 0 Å². The van der Waals surface area contributed by atoms with E-state index in [1.165, 1.54) is 9.87 Å². The molecular weight excluding hydrogens is 366 g/mol. The minimum absolute atomic E-state index is 0.0550. The summed E-state index contributed by atoms with van der Waals surface area (Å²) in [5.41, 5.74) is 2.43. The summed E-state index contributed by atoms with van der Waals surface area (Å²) >= 11 is 0. The van der Waals surface area contributed by atoms with Crippen molar-refractivity contribution in [3.05, 3.63) is 29.3 Å². The average molecular weight is 394 g/mol. The van der Waals surface area contributed by atoms with Crippen molar-refractivity contribution in [2.75, 3.05) is 45.9 Å². The number of hydrogen-bond donors (Lipinski definition) is 1. The molecule has 2 aliphatic heterocycles. The predicted octanol–water partition coefficient (Wildman–Crippen LogP) is 0.387. The monoisotopic (exact) mass is 393 g/mol. The summed E-state index contributed by atoms with van der Waals surface area (Å²) in [4.78, 5) is 14.6. The van der Waals surface area contributed by atoms with E-state index in [2.05, 4.69) is 5.32 Å². The highest BCUT2D eigenvalue weighted by Gasteiger charge is 2.31. The topological polar surface area (TPSA) is 79.0 Å². The Balaban J connectivity index is 1.36. The summed E-state index contributed by atoms with van der Waals surface area (Å²) in [6.45, 7) is 3.58. The number of amides is 1. The number of ether oxygens (including phenoxy) is 1. The molecule has 0 bridgehead atoms. The van der Waals surface area contributed by atoms with Crippen LogP contribution in [0.25, 0.3) is 0 Å². The van der Waals surface area contributed by atoms with E-state index < -0.39 is 10.0 Å². The van der Waals surface area contributed by atoms with Crippen molar-refractivity contribution in [2.45, 2.75) is 36.6 Å². The number of nitrogens with one attached hydrogen (secondary N) is 1. The maximum atomic E-state index is 13.0. The Bertz CT molecular complexity index is 797. The second-order valence-electron chi connectivity index (χ2n) is 7.50. The highest BCUT2D eigenvalue weighted by molar-refractivity contribution is 7.89. The van der Waals surface area contributed by atoms with Gasteiger partial charge in [0.05, 0.1) is 18.1 Å². The van der Waals surface area contributed by atoms with Crippen LogP contribution in [0.5, 0.6) is 0 Å². The number of carbonyl (C=O) groups excluding carboxylic acids is 1. The first kappa shape index (κ1) is 18.9. The predicted molar refractivity (Wildman–Crippen MR) is 101 cm³/mol. The number of hydrogen-bond acceptors (Lipinski definition) is 5. The van der Waals surface area contributed by atoms with Crippen LogP contribution in [0.1, 0.15) is 24.0 Å². The molecule has 1 unspecified atom stereocenters. The fraction of sp³-hybridized carbons (Fsp3) is 0.632. The molecule has 1 aliphatic carbocycles. The van der Waals surface area contributed by atoms with Gasteiger partial charge in [-0.2, -0.15) is 4.31 Å². The Kier molecular flexibility index (Phi) is 5.50. The molecule has 1 aromatic rings. The van der Waals surface area contributed by atoms with Crippen LogP contribution in [0.2, 0.25) is 0 Å². The smallest absolute Gasteiger partial charge is 0.243 e. The Labute approximate surface area is 160 Å². The zero-order chi connectivity index (χ0) is 18.9. The van der Waals surface area contributed by atoms with Crippen molar-refractivity contribution in [1.82, 2.24) is 14.5 Å². The lowest BCUT2D eigenvalue weighted by molar-refractivity contribution is -0.133. The third-order valence-electron chi connectivity index (χ3n) is 5.72. The van der Waals surface area contributed by atoms with Gasteiger partial charge >= 0.3 is 0 Å². The van der Waals surface area contributed by atoms with Crippen LogP contribution >= 0.6 is 0 Å². The molecule has 1 aromatic carbocycles. The van der Waals surface area contributed by atoms with E-state index >= 15 is 0 Å². The largest absolute Gasteiger partial charge is 0.378 e. The van der Waals surface area contributed by atoms with Gasteiger partial charge in [0.25, 0.3) is 0 Å². The van der Waals surface area contributed by atoms with Gasteiger partial charge in [-0.3, -0.25) is 4.79 Å². The van der Waals surface area contributed by atoms with Gasteiger partial charge in [-0.1, -0.05) is 6.07 Å². The van der Waals surface area contributed by atoms with E-state index in [0.29, 0.717) is 50.7 Å². The van der Waals surface area contributed by atoms with E-state index in [9.17, 15) is 13.2 Å². The molecule has 0 aromatic heterocycles.